The minimum Gasteiger partial charge on any atom is -0.381 e. The van der Waals surface area contributed by atoms with Gasteiger partial charge in [0.1, 0.15) is 5.82 Å². The Balaban J connectivity index is 2.08. The molecular formula is C16H19FN2. The van der Waals surface area contributed by atoms with Crippen LogP contribution in [0.3, 0.4) is 0 Å². The zero-order valence-electron chi connectivity index (χ0n) is 11.1. The van der Waals surface area contributed by atoms with Gasteiger partial charge in [0, 0.05) is 12.2 Å². The highest BCUT2D eigenvalue weighted by Crippen LogP contribution is 2.18. The fraction of sp³-hybridized carbons (Fsp3) is 0.250. The van der Waals surface area contributed by atoms with E-state index in [-0.39, 0.29) is 5.82 Å². The summed E-state index contributed by atoms with van der Waals surface area (Å²) in [4.78, 5) is 0. The molecule has 0 aliphatic carbocycles. The van der Waals surface area contributed by atoms with Crippen LogP contribution >= 0.6 is 0 Å². The fourth-order valence-corrected chi connectivity index (χ4v) is 2.00. The smallest absolute Gasteiger partial charge is 0.123 e. The van der Waals surface area contributed by atoms with Crippen molar-refractivity contribution >= 4 is 5.69 Å². The summed E-state index contributed by atoms with van der Waals surface area (Å²) in [5.41, 5.74) is 9.88. The second-order valence-electron chi connectivity index (χ2n) is 4.68. The molecule has 0 spiro atoms. The van der Waals surface area contributed by atoms with Crippen molar-refractivity contribution < 1.29 is 4.39 Å². The van der Waals surface area contributed by atoms with Crippen LogP contribution in [0.15, 0.2) is 42.5 Å². The zero-order valence-corrected chi connectivity index (χ0v) is 11.1. The van der Waals surface area contributed by atoms with E-state index in [1.165, 1.54) is 17.2 Å². The molecule has 3 N–H and O–H groups in total. The number of rotatable bonds is 5. The Morgan fingerprint density at radius 2 is 1.84 bits per heavy atom. The van der Waals surface area contributed by atoms with Crippen molar-refractivity contribution in [3.63, 3.8) is 0 Å². The van der Waals surface area contributed by atoms with Gasteiger partial charge in [-0.15, -0.1) is 0 Å². The van der Waals surface area contributed by atoms with Crippen LogP contribution in [0.25, 0.3) is 0 Å². The number of hydrogen-bond acceptors (Lipinski definition) is 2. The lowest BCUT2D eigenvalue weighted by Crippen LogP contribution is -2.07. The number of nitrogens with two attached hydrogens (primary N) is 1. The van der Waals surface area contributed by atoms with E-state index >= 15 is 0 Å². The van der Waals surface area contributed by atoms with Gasteiger partial charge in [-0.05, 0) is 49.2 Å². The molecule has 0 unspecified atom stereocenters. The van der Waals surface area contributed by atoms with E-state index in [0.29, 0.717) is 13.0 Å². The van der Waals surface area contributed by atoms with Crippen LogP contribution in [0.2, 0.25) is 0 Å². The van der Waals surface area contributed by atoms with Gasteiger partial charge in [-0.2, -0.15) is 0 Å². The molecule has 0 atom stereocenters. The molecule has 0 aliphatic rings. The Kier molecular flexibility index (Phi) is 4.53. The summed E-state index contributed by atoms with van der Waals surface area (Å²) in [7, 11) is 0. The standard InChI is InChI=1S/C16H19FN2/c1-12-2-4-13(5-3-12)11-19-16-7-6-15(17)10-14(16)8-9-18/h2-7,10,19H,8-9,11,18H2,1H3. The lowest BCUT2D eigenvalue weighted by Gasteiger charge is -2.12. The quantitative estimate of drug-likeness (QED) is 0.864. The molecule has 0 saturated carbocycles. The predicted octanol–water partition coefficient (Wildman–Crippen LogP) is 3.25. The summed E-state index contributed by atoms with van der Waals surface area (Å²) in [5.74, 6) is -0.218. The maximum absolute atomic E-state index is 13.2. The maximum atomic E-state index is 13.2. The van der Waals surface area contributed by atoms with Gasteiger partial charge < -0.3 is 11.1 Å². The molecule has 0 aromatic heterocycles. The molecule has 3 heteroatoms. The molecule has 100 valence electrons. The summed E-state index contributed by atoms with van der Waals surface area (Å²) in [6, 6.07) is 13.1. The molecule has 0 aliphatic heterocycles. The van der Waals surface area contributed by atoms with Gasteiger partial charge in [0.2, 0.25) is 0 Å². The lowest BCUT2D eigenvalue weighted by molar-refractivity contribution is 0.625. The molecule has 0 amide bonds. The minimum atomic E-state index is -0.218. The number of benzene rings is 2. The molecular weight excluding hydrogens is 239 g/mol. The maximum Gasteiger partial charge on any atom is 0.123 e. The zero-order chi connectivity index (χ0) is 13.7. The first-order chi connectivity index (χ1) is 9.19. The number of aryl methyl sites for hydroxylation is 1. The molecule has 19 heavy (non-hydrogen) atoms. The largest absolute Gasteiger partial charge is 0.381 e. The van der Waals surface area contributed by atoms with Crippen LogP contribution < -0.4 is 11.1 Å². The summed E-state index contributed by atoms with van der Waals surface area (Å²) in [5, 5.41) is 3.34. The molecule has 2 rings (SSSR count). The molecule has 0 heterocycles. The lowest BCUT2D eigenvalue weighted by atomic mass is 10.1. The van der Waals surface area contributed by atoms with Gasteiger partial charge in [-0.3, -0.25) is 0 Å². The normalized spacial score (nSPS) is 10.5. The average molecular weight is 258 g/mol. The van der Waals surface area contributed by atoms with Crippen LogP contribution in [0.5, 0.6) is 0 Å². The fourth-order valence-electron chi connectivity index (χ4n) is 2.00. The second-order valence-corrected chi connectivity index (χ2v) is 4.68. The van der Waals surface area contributed by atoms with E-state index in [1.54, 1.807) is 12.1 Å². The van der Waals surface area contributed by atoms with Gasteiger partial charge in [-0.25, -0.2) is 4.39 Å². The summed E-state index contributed by atoms with van der Waals surface area (Å²) in [6.45, 7) is 3.31. The molecule has 0 bridgehead atoms. The summed E-state index contributed by atoms with van der Waals surface area (Å²) in [6.07, 6.45) is 0.675. The third-order valence-electron chi connectivity index (χ3n) is 3.08. The average Bonchev–Trinajstić information content (AvgIpc) is 2.40. The van der Waals surface area contributed by atoms with E-state index in [2.05, 4.69) is 36.5 Å². The van der Waals surface area contributed by atoms with Gasteiger partial charge in [0.15, 0.2) is 0 Å². The van der Waals surface area contributed by atoms with E-state index in [0.717, 1.165) is 17.8 Å². The predicted molar refractivity (Wildman–Crippen MR) is 77.7 cm³/mol. The van der Waals surface area contributed by atoms with E-state index in [4.69, 9.17) is 5.73 Å². The third-order valence-corrected chi connectivity index (χ3v) is 3.08. The van der Waals surface area contributed by atoms with Crippen molar-refractivity contribution in [2.75, 3.05) is 11.9 Å². The topological polar surface area (TPSA) is 38.0 Å². The van der Waals surface area contributed by atoms with E-state index < -0.39 is 0 Å². The van der Waals surface area contributed by atoms with Crippen molar-refractivity contribution in [3.8, 4) is 0 Å². The van der Waals surface area contributed by atoms with Crippen molar-refractivity contribution in [2.45, 2.75) is 19.9 Å². The van der Waals surface area contributed by atoms with E-state index in [9.17, 15) is 4.39 Å². The van der Waals surface area contributed by atoms with Crippen LogP contribution in [0.4, 0.5) is 10.1 Å². The van der Waals surface area contributed by atoms with Crippen LogP contribution in [0, 0.1) is 12.7 Å². The Bertz CT molecular complexity index is 535. The third kappa shape index (κ3) is 3.80. The van der Waals surface area contributed by atoms with Crippen molar-refractivity contribution in [1.82, 2.24) is 0 Å². The number of anilines is 1. The number of hydrogen-bond donors (Lipinski definition) is 2. The molecule has 2 aromatic rings. The van der Waals surface area contributed by atoms with Gasteiger partial charge in [0.25, 0.3) is 0 Å². The molecule has 0 saturated heterocycles. The highest BCUT2D eigenvalue weighted by Gasteiger charge is 2.03. The SMILES string of the molecule is Cc1ccc(CNc2ccc(F)cc2CCN)cc1. The Hall–Kier alpha value is -1.87. The first kappa shape index (κ1) is 13.6. The van der Waals surface area contributed by atoms with Crippen LogP contribution in [0.1, 0.15) is 16.7 Å². The van der Waals surface area contributed by atoms with Crippen molar-refractivity contribution in [2.24, 2.45) is 5.73 Å². The van der Waals surface area contributed by atoms with E-state index in [1.807, 2.05) is 0 Å². The first-order valence-electron chi connectivity index (χ1n) is 6.47. The monoisotopic (exact) mass is 258 g/mol. The molecule has 0 radical (unpaired) electrons. The van der Waals surface area contributed by atoms with Crippen LogP contribution in [-0.4, -0.2) is 6.54 Å². The molecule has 0 fully saturated rings. The van der Waals surface area contributed by atoms with Gasteiger partial charge in [-0.1, -0.05) is 29.8 Å². The Morgan fingerprint density at radius 3 is 2.53 bits per heavy atom. The Labute approximate surface area is 113 Å². The van der Waals surface area contributed by atoms with Gasteiger partial charge >= 0.3 is 0 Å². The van der Waals surface area contributed by atoms with Gasteiger partial charge in [0.05, 0.1) is 0 Å². The first-order valence-corrected chi connectivity index (χ1v) is 6.47. The summed E-state index contributed by atoms with van der Waals surface area (Å²) < 4.78 is 13.2. The number of nitrogens with one attached hydrogen (secondary N) is 1. The molecule has 2 aromatic carbocycles. The number of halogens is 1. The second kappa shape index (κ2) is 6.34. The van der Waals surface area contributed by atoms with Crippen molar-refractivity contribution in [3.05, 3.63) is 65.0 Å². The molecule has 2 nitrogen and oxygen atoms in total. The summed E-state index contributed by atoms with van der Waals surface area (Å²) >= 11 is 0. The van der Waals surface area contributed by atoms with Crippen LogP contribution in [-0.2, 0) is 13.0 Å². The minimum absolute atomic E-state index is 0.218. The highest BCUT2D eigenvalue weighted by molar-refractivity contribution is 5.52. The Morgan fingerprint density at radius 1 is 1.11 bits per heavy atom. The van der Waals surface area contributed by atoms with Crippen molar-refractivity contribution in [1.29, 1.82) is 0 Å². The highest BCUT2D eigenvalue weighted by atomic mass is 19.1.